The Balaban J connectivity index is 1.26. The molecule has 5 rings (SSSR count). The molecule has 2 aromatic carbocycles. The summed E-state index contributed by atoms with van der Waals surface area (Å²) in [5, 5.41) is 11.0. The highest BCUT2D eigenvalue weighted by Gasteiger charge is 2.32. The number of thioether (sulfide) groups is 1. The molecule has 3 heterocycles. The van der Waals surface area contributed by atoms with Gasteiger partial charge in [0.15, 0.2) is 11.0 Å². The molecular weight excluding hydrogens is 410 g/mol. The number of pyridine rings is 1. The molecule has 0 saturated heterocycles. The summed E-state index contributed by atoms with van der Waals surface area (Å²) >= 11 is 1.56. The van der Waals surface area contributed by atoms with Crippen molar-refractivity contribution in [2.75, 3.05) is 12.3 Å². The average molecular weight is 430 g/mol. The number of benzene rings is 2. The zero-order valence-corrected chi connectivity index (χ0v) is 17.7. The van der Waals surface area contributed by atoms with E-state index in [-0.39, 0.29) is 11.8 Å². The molecule has 31 heavy (non-hydrogen) atoms. The number of imide groups is 1. The summed E-state index contributed by atoms with van der Waals surface area (Å²) in [6.07, 6.45) is 4.11. The molecule has 0 fully saturated rings. The number of amides is 2. The van der Waals surface area contributed by atoms with Gasteiger partial charge in [-0.2, -0.15) is 0 Å². The smallest absolute Gasteiger partial charge is 0.261 e. The molecule has 0 radical (unpaired) electrons. The molecule has 0 aliphatic carbocycles. The average Bonchev–Trinajstić information content (AvgIpc) is 3.17. The lowest BCUT2D eigenvalue weighted by Gasteiger charge is -2.27. The van der Waals surface area contributed by atoms with Crippen LogP contribution < -0.4 is 0 Å². The van der Waals surface area contributed by atoms with Crippen LogP contribution >= 0.6 is 11.8 Å². The third kappa shape index (κ3) is 3.38. The molecule has 8 heteroatoms. The third-order valence-corrected chi connectivity index (χ3v) is 6.49. The van der Waals surface area contributed by atoms with E-state index in [1.165, 1.54) is 4.90 Å². The van der Waals surface area contributed by atoms with Crippen LogP contribution in [0, 0.1) is 0 Å². The van der Waals surface area contributed by atoms with Crippen molar-refractivity contribution < 1.29 is 9.59 Å². The van der Waals surface area contributed by atoms with Gasteiger partial charge in [-0.1, -0.05) is 36.0 Å². The van der Waals surface area contributed by atoms with Gasteiger partial charge in [0.05, 0.1) is 0 Å². The summed E-state index contributed by atoms with van der Waals surface area (Å²) in [6.45, 7) is 0.366. The Bertz CT molecular complexity index is 1250. The van der Waals surface area contributed by atoms with Crippen molar-refractivity contribution in [1.82, 2.24) is 24.6 Å². The fourth-order valence-electron chi connectivity index (χ4n) is 3.86. The van der Waals surface area contributed by atoms with Crippen molar-refractivity contribution in [3.8, 4) is 11.4 Å². The van der Waals surface area contributed by atoms with Gasteiger partial charge in [-0.05, 0) is 36.1 Å². The Hall–Kier alpha value is -3.52. The van der Waals surface area contributed by atoms with Crippen LogP contribution in [-0.4, -0.2) is 48.8 Å². The Morgan fingerprint density at radius 3 is 2.26 bits per heavy atom. The molecule has 0 unspecified atom stereocenters. The number of hydrogen-bond acceptors (Lipinski definition) is 6. The van der Waals surface area contributed by atoms with E-state index < -0.39 is 0 Å². The molecule has 0 spiro atoms. The van der Waals surface area contributed by atoms with Crippen molar-refractivity contribution in [1.29, 1.82) is 0 Å². The first-order valence-electron chi connectivity index (χ1n) is 9.95. The molecule has 0 bridgehead atoms. The lowest BCUT2D eigenvalue weighted by molar-refractivity contribution is 0.0611. The predicted molar refractivity (Wildman–Crippen MR) is 119 cm³/mol. The second-order valence-electron chi connectivity index (χ2n) is 7.27. The Labute approximate surface area is 183 Å². The lowest BCUT2D eigenvalue weighted by atomic mass is 9.94. The molecule has 1 aliphatic rings. The Morgan fingerprint density at radius 1 is 0.903 bits per heavy atom. The fraction of sp³-hybridized carbons (Fsp3) is 0.174. The van der Waals surface area contributed by atoms with Gasteiger partial charge in [-0.3, -0.25) is 19.5 Å². The van der Waals surface area contributed by atoms with Crippen LogP contribution in [0.2, 0.25) is 0 Å². The summed E-state index contributed by atoms with van der Waals surface area (Å²) in [5.41, 5.74) is 2.14. The molecule has 2 amide bonds. The van der Waals surface area contributed by atoms with Gasteiger partial charge >= 0.3 is 0 Å². The van der Waals surface area contributed by atoms with Gasteiger partial charge in [0, 0.05) is 53.8 Å². The molecule has 154 valence electrons. The summed E-state index contributed by atoms with van der Waals surface area (Å²) in [5.74, 6) is 1.04. The molecule has 1 aliphatic heterocycles. The van der Waals surface area contributed by atoms with Crippen LogP contribution in [0.15, 0.2) is 66.1 Å². The van der Waals surface area contributed by atoms with E-state index in [4.69, 9.17) is 0 Å². The first kappa shape index (κ1) is 19.4. The quantitative estimate of drug-likeness (QED) is 0.263. The zero-order valence-electron chi connectivity index (χ0n) is 16.9. The number of rotatable bonds is 6. The van der Waals surface area contributed by atoms with Crippen molar-refractivity contribution >= 4 is 34.3 Å². The molecular formula is C23H19N5O2S. The maximum absolute atomic E-state index is 13.0. The standard InChI is InChI=1S/C23H19N5O2S/c1-27-20(16-9-11-24-12-10-16)25-26-23(27)31-14-4-13-28-21(29)17-7-2-5-15-6-3-8-18(19(15)17)22(28)30/h2-3,5-12H,4,13-14H2,1H3. The number of carbonyl (C=O) groups is 2. The highest BCUT2D eigenvalue weighted by atomic mass is 32.2. The monoisotopic (exact) mass is 429 g/mol. The van der Waals surface area contributed by atoms with E-state index in [9.17, 15) is 9.59 Å². The van der Waals surface area contributed by atoms with Crippen molar-refractivity contribution in [2.45, 2.75) is 11.6 Å². The van der Waals surface area contributed by atoms with E-state index in [1.54, 1.807) is 36.3 Å². The van der Waals surface area contributed by atoms with Crippen LogP contribution in [-0.2, 0) is 7.05 Å². The summed E-state index contributed by atoms with van der Waals surface area (Å²) in [7, 11) is 1.92. The maximum atomic E-state index is 13.0. The van der Waals surface area contributed by atoms with Crippen LogP contribution in [0.3, 0.4) is 0 Å². The van der Waals surface area contributed by atoms with E-state index in [2.05, 4.69) is 15.2 Å². The van der Waals surface area contributed by atoms with Gasteiger partial charge in [-0.25, -0.2) is 0 Å². The van der Waals surface area contributed by atoms with E-state index in [1.807, 2.05) is 48.0 Å². The van der Waals surface area contributed by atoms with Crippen molar-refractivity contribution in [2.24, 2.45) is 7.05 Å². The first-order valence-corrected chi connectivity index (χ1v) is 10.9. The van der Waals surface area contributed by atoms with Crippen LogP contribution in [0.5, 0.6) is 0 Å². The number of hydrogen-bond donors (Lipinski definition) is 0. The van der Waals surface area contributed by atoms with Gasteiger partial charge in [0.2, 0.25) is 0 Å². The largest absolute Gasteiger partial charge is 0.305 e. The molecule has 0 N–H and O–H groups in total. The van der Waals surface area contributed by atoms with E-state index >= 15 is 0 Å². The summed E-state index contributed by atoms with van der Waals surface area (Å²) in [4.78, 5) is 31.3. The Kier molecular flexibility index (Phi) is 4.99. The van der Waals surface area contributed by atoms with Crippen LogP contribution in [0.1, 0.15) is 27.1 Å². The first-order chi connectivity index (χ1) is 15.1. The lowest BCUT2D eigenvalue weighted by Crippen LogP contribution is -2.41. The molecule has 0 atom stereocenters. The number of carbonyl (C=O) groups excluding carboxylic acids is 2. The maximum Gasteiger partial charge on any atom is 0.261 e. The highest BCUT2D eigenvalue weighted by molar-refractivity contribution is 7.99. The number of nitrogens with zero attached hydrogens (tertiary/aromatic N) is 5. The second-order valence-corrected chi connectivity index (χ2v) is 8.34. The Morgan fingerprint density at radius 2 is 1.58 bits per heavy atom. The summed E-state index contributed by atoms with van der Waals surface area (Å²) < 4.78 is 1.94. The van der Waals surface area contributed by atoms with Crippen LogP contribution in [0.25, 0.3) is 22.2 Å². The fourth-order valence-corrected chi connectivity index (χ4v) is 4.70. The molecule has 2 aromatic heterocycles. The minimum atomic E-state index is -0.224. The van der Waals surface area contributed by atoms with Gasteiger partial charge in [-0.15, -0.1) is 10.2 Å². The predicted octanol–water partition coefficient (Wildman–Crippen LogP) is 3.81. The van der Waals surface area contributed by atoms with Crippen LogP contribution in [0.4, 0.5) is 0 Å². The van der Waals surface area contributed by atoms with Gasteiger partial charge in [0.1, 0.15) is 0 Å². The van der Waals surface area contributed by atoms with Crippen molar-refractivity contribution in [3.05, 3.63) is 72.1 Å². The minimum Gasteiger partial charge on any atom is -0.305 e. The second kappa shape index (κ2) is 7.96. The molecule has 7 nitrogen and oxygen atoms in total. The van der Waals surface area contributed by atoms with Gasteiger partial charge in [0.25, 0.3) is 11.8 Å². The van der Waals surface area contributed by atoms with Gasteiger partial charge < -0.3 is 4.57 Å². The summed E-state index contributed by atoms with van der Waals surface area (Å²) in [6, 6.07) is 14.9. The van der Waals surface area contributed by atoms with E-state index in [0.29, 0.717) is 29.8 Å². The normalized spacial score (nSPS) is 13.3. The third-order valence-electron chi connectivity index (χ3n) is 5.39. The molecule has 0 saturated carbocycles. The topological polar surface area (TPSA) is 81.0 Å². The number of aromatic nitrogens is 4. The SMILES string of the molecule is Cn1c(SCCCN2C(=O)c3cccc4cccc(c34)C2=O)nnc1-c1ccncc1. The van der Waals surface area contributed by atoms with E-state index in [0.717, 1.165) is 27.3 Å². The highest BCUT2D eigenvalue weighted by Crippen LogP contribution is 2.30. The zero-order chi connectivity index (χ0) is 21.4. The van der Waals surface area contributed by atoms with Crippen molar-refractivity contribution in [3.63, 3.8) is 0 Å². The minimum absolute atomic E-state index is 0.224. The molecule has 4 aromatic rings.